The van der Waals surface area contributed by atoms with Gasteiger partial charge in [0.2, 0.25) is 10.0 Å². The van der Waals surface area contributed by atoms with Crippen molar-refractivity contribution in [3.05, 3.63) is 29.3 Å². The first-order valence-electron chi connectivity index (χ1n) is 6.94. The summed E-state index contributed by atoms with van der Waals surface area (Å²) >= 11 is 0. The number of piperidine rings is 1. The largest absolute Gasteiger partial charge is 0.481 e. The second-order valence-corrected chi connectivity index (χ2v) is 7.45. The zero-order valence-electron chi connectivity index (χ0n) is 12.3. The van der Waals surface area contributed by atoms with Gasteiger partial charge < -0.3 is 5.11 Å². The van der Waals surface area contributed by atoms with Crippen molar-refractivity contribution >= 4 is 16.0 Å². The Labute approximate surface area is 131 Å². The second kappa shape index (κ2) is 6.12. The molecule has 0 saturated carbocycles. The molecule has 0 radical (unpaired) electrons. The average molecular weight is 351 g/mol. The third-order valence-electron chi connectivity index (χ3n) is 3.87. The number of rotatable bonds is 3. The highest BCUT2D eigenvalue weighted by Gasteiger charge is 2.36. The van der Waals surface area contributed by atoms with Crippen LogP contribution in [0, 0.1) is 12.8 Å². The highest BCUT2D eigenvalue weighted by molar-refractivity contribution is 7.89. The van der Waals surface area contributed by atoms with Crippen LogP contribution >= 0.6 is 0 Å². The Morgan fingerprint density at radius 1 is 1.35 bits per heavy atom. The maximum Gasteiger partial charge on any atom is 0.416 e. The number of aryl methyl sites for hydroxylation is 1. The van der Waals surface area contributed by atoms with Crippen molar-refractivity contribution < 1.29 is 31.5 Å². The van der Waals surface area contributed by atoms with E-state index in [1.54, 1.807) is 0 Å². The van der Waals surface area contributed by atoms with Crippen LogP contribution in [-0.4, -0.2) is 36.9 Å². The third-order valence-corrected chi connectivity index (χ3v) is 5.74. The maximum atomic E-state index is 12.7. The van der Waals surface area contributed by atoms with Gasteiger partial charge in [-0.2, -0.15) is 17.5 Å². The molecule has 1 fully saturated rings. The number of aliphatic carboxylic acids is 1. The summed E-state index contributed by atoms with van der Waals surface area (Å²) in [5, 5.41) is 9.02. The molecule has 1 aliphatic rings. The number of alkyl halides is 3. The fraction of sp³-hybridized carbons (Fsp3) is 0.500. The van der Waals surface area contributed by atoms with E-state index in [4.69, 9.17) is 5.11 Å². The van der Waals surface area contributed by atoms with Gasteiger partial charge in [0, 0.05) is 13.1 Å². The van der Waals surface area contributed by atoms with Crippen molar-refractivity contribution in [2.75, 3.05) is 13.1 Å². The number of benzene rings is 1. The van der Waals surface area contributed by atoms with E-state index in [-0.39, 0.29) is 23.5 Å². The molecule has 2 rings (SSSR count). The Bertz CT molecular complexity index is 715. The molecule has 23 heavy (non-hydrogen) atoms. The van der Waals surface area contributed by atoms with Gasteiger partial charge in [0.1, 0.15) is 0 Å². The van der Waals surface area contributed by atoms with E-state index in [0.717, 1.165) is 22.5 Å². The summed E-state index contributed by atoms with van der Waals surface area (Å²) in [5.74, 6) is -1.87. The summed E-state index contributed by atoms with van der Waals surface area (Å²) in [6, 6.07) is 2.62. The van der Waals surface area contributed by atoms with Crippen molar-refractivity contribution in [2.45, 2.75) is 30.8 Å². The number of hydrogen-bond acceptors (Lipinski definition) is 3. The van der Waals surface area contributed by atoms with Crippen molar-refractivity contribution in [3.63, 3.8) is 0 Å². The Morgan fingerprint density at radius 3 is 2.52 bits per heavy atom. The van der Waals surface area contributed by atoms with Crippen LogP contribution in [0.15, 0.2) is 23.1 Å². The Kier molecular flexibility index (Phi) is 4.72. The SMILES string of the molecule is Cc1cc(S(=O)(=O)N2CCCC(C(=O)O)C2)ccc1C(F)(F)F. The Balaban J connectivity index is 2.33. The quantitative estimate of drug-likeness (QED) is 0.908. The van der Waals surface area contributed by atoms with Gasteiger partial charge in [-0.05, 0) is 43.5 Å². The number of carboxylic acid groups (broad SMARTS) is 1. The predicted molar refractivity (Wildman–Crippen MR) is 75.3 cm³/mol. The molecule has 1 aliphatic heterocycles. The predicted octanol–water partition coefficient (Wildman–Crippen LogP) is 2.50. The van der Waals surface area contributed by atoms with E-state index >= 15 is 0 Å². The van der Waals surface area contributed by atoms with Gasteiger partial charge in [0.25, 0.3) is 0 Å². The van der Waals surface area contributed by atoms with Gasteiger partial charge in [-0.25, -0.2) is 8.42 Å². The number of carboxylic acids is 1. The summed E-state index contributed by atoms with van der Waals surface area (Å²) in [4.78, 5) is 10.8. The molecular weight excluding hydrogens is 335 g/mol. The summed E-state index contributed by atoms with van der Waals surface area (Å²) in [5.41, 5.74) is -1.08. The molecule has 5 nitrogen and oxygen atoms in total. The highest BCUT2D eigenvalue weighted by atomic mass is 32.2. The molecular formula is C14H16F3NO4S. The third kappa shape index (κ3) is 3.66. The topological polar surface area (TPSA) is 74.7 Å². The fourth-order valence-electron chi connectivity index (χ4n) is 2.63. The number of halogens is 3. The zero-order valence-corrected chi connectivity index (χ0v) is 13.1. The van der Waals surface area contributed by atoms with Crippen molar-refractivity contribution in [2.24, 2.45) is 5.92 Å². The molecule has 1 atom stereocenters. The molecule has 9 heteroatoms. The minimum absolute atomic E-state index is 0.159. The van der Waals surface area contributed by atoms with Crippen molar-refractivity contribution in [1.82, 2.24) is 4.31 Å². The minimum Gasteiger partial charge on any atom is -0.481 e. The van der Waals surface area contributed by atoms with Crippen LogP contribution in [0.1, 0.15) is 24.0 Å². The van der Waals surface area contributed by atoms with Crippen molar-refractivity contribution in [1.29, 1.82) is 0 Å². The van der Waals surface area contributed by atoms with Crippen molar-refractivity contribution in [3.8, 4) is 0 Å². The second-order valence-electron chi connectivity index (χ2n) is 5.51. The minimum atomic E-state index is -4.55. The molecule has 1 aromatic rings. The summed E-state index contributed by atoms with van der Waals surface area (Å²) in [6.45, 7) is 1.18. The van der Waals surface area contributed by atoms with Crippen LogP contribution < -0.4 is 0 Å². The monoisotopic (exact) mass is 351 g/mol. The summed E-state index contributed by atoms with van der Waals surface area (Å²) in [6.07, 6.45) is -3.77. The molecule has 1 N–H and O–H groups in total. The van der Waals surface area contributed by atoms with E-state index in [9.17, 15) is 26.4 Å². The molecule has 1 unspecified atom stereocenters. The lowest BCUT2D eigenvalue weighted by molar-refractivity contribution is -0.143. The van der Waals surface area contributed by atoms with Gasteiger partial charge >= 0.3 is 12.1 Å². The summed E-state index contributed by atoms with van der Waals surface area (Å²) < 4.78 is 64.3. The van der Waals surface area contributed by atoms with Gasteiger partial charge in [-0.3, -0.25) is 4.79 Å². The lowest BCUT2D eigenvalue weighted by Gasteiger charge is -2.30. The maximum absolute atomic E-state index is 12.7. The Hall–Kier alpha value is -1.61. The molecule has 0 spiro atoms. The van der Waals surface area contributed by atoms with Gasteiger partial charge in [0.05, 0.1) is 16.4 Å². The molecule has 1 heterocycles. The zero-order chi connectivity index (χ0) is 17.4. The number of hydrogen-bond donors (Lipinski definition) is 1. The van der Waals surface area contributed by atoms with E-state index in [2.05, 4.69) is 0 Å². The van der Waals surface area contributed by atoms with Gasteiger partial charge in [-0.15, -0.1) is 0 Å². The highest BCUT2D eigenvalue weighted by Crippen LogP contribution is 2.33. The van der Waals surface area contributed by atoms with E-state index in [0.29, 0.717) is 12.8 Å². The van der Waals surface area contributed by atoms with Crippen LogP contribution in [-0.2, 0) is 21.0 Å². The van der Waals surface area contributed by atoms with E-state index < -0.39 is 33.7 Å². The first-order chi connectivity index (χ1) is 10.5. The van der Waals surface area contributed by atoms with Crippen LogP contribution in [0.4, 0.5) is 13.2 Å². The van der Waals surface area contributed by atoms with Gasteiger partial charge in [0.15, 0.2) is 0 Å². The smallest absolute Gasteiger partial charge is 0.416 e. The molecule has 0 amide bonds. The molecule has 1 saturated heterocycles. The lowest BCUT2D eigenvalue weighted by atomic mass is 10.0. The van der Waals surface area contributed by atoms with E-state index in [1.807, 2.05) is 0 Å². The first kappa shape index (κ1) is 17.7. The average Bonchev–Trinajstić information content (AvgIpc) is 2.45. The van der Waals surface area contributed by atoms with E-state index in [1.165, 1.54) is 6.92 Å². The number of nitrogens with zero attached hydrogens (tertiary/aromatic N) is 1. The fourth-order valence-corrected chi connectivity index (χ4v) is 4.24. The molecule has 128 valence electrons. The first-order valence-corrected chi connectivity index (χ1v) is 8.38. The molecule has 0 aliphatic carbocycles. The number of sulfonamides is 1. The molecule has 0 aromatic heterocycles. The van der Waals surface area contributed by atoms with Gasteiger partial charge in [-0.1, -0.05) is 0 Å². The van der Waals surface area contributed by atoms with Crippen LogP contribution in [0.3, 0.4) is 0 Å². The number of carbonyl (C=O) groups is 1. The lowest BCUT2D eigenvalue weighted by Crippen LogP contribution is -2.42. The standard InChI is InChI=1S/C14H16F3NO4S/c1-9-7-11(4-5-12(9)14(15,16)17)23(21,22)18-6-2-3-10(8-18)13(19)20/h4-5,7,10H,2-3,6,8H2,1H3,(H,19,20). The molecule has 1 aromatic carbocycles. The molecule has 0 bridgehead atoms. The summed E-state index contributed by atoms with van der Waals surface area (Å²) in [7, 11) is -4.01. The van der Waals surface area contributed by atoms with Crippen LogP contribution in [0.2, 0.25) is 0 Å². The Morgan fingerprint density at radius 2 is 2.00 bits per heavy atom. The van der Waals surface area contributed by atoms with Crippen LogP contribution in [0.5, 0.6) is 0 Å². The van der Waals surface area contributed by atoms with Crippen LogP contribution in [0.25, 0.3) is 0 Å². The normalized spacial score (nSPS) is 20.4.